The van der Waals surface area contributed by atoms with Crippen LogP contribution in [0.25, 0.3) is 0 Å². The van der Waals surface area contributed by atoms with Gasteiger partial charge in [0.2, 0.25) is 5.91 Å². The van der Waals surface area contributed by atoms with E-state index in [2.05, 4.69) is 6.92 Å². The summed E-state index contributed by atoms with van der Waals surface area (Å²) in [5.74, 6) is -0.254. The Hall–Kier alpha value is -1.66. The lowest BCUT2D eigenvalue weighted by molar-refractivity contribution is -0.147. The predicted octanol–water partition coefficient (Wildman–Crippen LogP) is 2.61. The molecular weight excluding hydrogens is 334 g/mol. The quantitative estimate of drug-likeness (QED) is 0.308. The molecule has 2 atom stereocenters. The minimum atomic E-state index is -0.439. The van der Waals surface area contributed by atoms with E-state index in [1.165, 1.54) is 0 Å². The van der Waals surface area contributed by atoms with Gasteiger partial charge in [0, 0.05) is 13.0 Å². The van der Waals surface area contributed by atoms with Gasteiger partial charge in [-0.25, -0.2) is 4.79 Å². The Bertz CT molecular complexity index is 475. The highest BCUT2D eigenvalue weighted by Gasteiger charge is 2.27. The van der Waals surface area contributed by atoms with Crippen LogP contribution in [0.3, 0.4) is 0 Å². The molecule has 0 aliphatic carbocycles. The van der Waals surface area contributed by atoms with Crippen LogP contribution in [0.15, 0.2) is 24.3 Å². The summed E-state index contributed by atoms with van der Waals surface area (Å²) in [4.78, 5) is 25.0. The first-order valence-corrected chi connectivity index (χ1v) is 9.62. The summed E-state index contributed by atoms with van der Waals surface area (Å²) in [6.45, 7) is 4.97. The van der Waals surface area contributed by atoms with Crippen molar-refractivity contribution in [1.82, 2.24) is 4.90 Å². The third-order valence-corrected chi connectivity index (χ3v) is 4.24. The highest BCUT2D eigenvalue weighted by Crippen LogP contribution is 2.20. The molecule has 0 saturated carbocycles. The number of aliphatic hydroxyl groups excluding tert-OH is 1. The highest BCUT2D eigenvalue weighted by molar-refractivity contribution is 5.79. The van der Waals surface area contributed by atoms with E-state index in [0.717, 1.165) is 32.1 Å². The van der Waals surface area contributed by atoms with Gasteiger partial charge in [-0.2, -0.15) is 0 Å². The van der Waals surface area contributed by atoms with Crippen molar-refractivity contribution in [3.05, 3.63) is 24.3 Å². The van der Waals surface area contributed by atoms with Gasteiger partial charge in [0.05, 0.1) is 25.4 Å². The Labute approximate surface area is 156 Å². The van der Waals surface area contributed by atoms with Crippen LogP contribution < -0.4 is 0 Å². The third-order valence-electron chi connectivity index (χ3n) is 4.24. The zero-order chi connectivity index (χ0) is 19.2. The highest BCUT2D eigenvalue weighted by atomic mass is 16.6. The van der Waals surface area contributed by atoms with Crippen molar-refractivity contribution in [3.8, 4) is 0 Å². The third kappa shape index (κ3) is 9.15. The van der Waals surface area contributed by atoms with Crippen LogP contribution in [0.5, 0.6) is 0 Å². The number of esters is 1. The van der Waals surface area contributed by atoms with Crippen LogP contribution in [0.2, 0.25) is 0 Å². The second kappa shape index (κ2) is 13.5. The van der Waals surface area contributed by atoms with Crippen molar-refractivity contribution in [1.29, 1.82) is 0 Å². The Morgan fingerprint density at radius 1 is 1.35 bits per heavy atom. The maximum absolute atomic E-state index is 12.0. The maximum atomic E-state index is 12.0. The van der Waals surface area contributed by atoms with Gasteiger partial charge in [-0.1, -0.05) is 50.5 Å². The van der Waals surface area contributed by atoms with Crippen molar-refractivity contribution in [3.63, 3.8) is 0 Å². The monoisotopic (exact) mass is 367 g/mol. The molecule has 6 heteroatoms. The number of amides is 1. The molecule has 148 valence electrons. The van der Waals surface area contributed by atoms with Crippen LogP contribution in [0.1, 0.15) is 52.4 Å². The fourth-order valence-corrected chi connectivity index (χ4v) is 2.82. The number of carbonyl (C=O) groups is 2. The number of rotatable bonds is 13. The van der Waals surface area contributed by atoms with Gasteiger partial charge < -0.3 is 19.5 Å². The number of aliphatic hydroxyl groups is 1. The molecule has 1 amide bonds. The average Bonchev–Trinajstić information content (AvgIpc) is 2.96. The Balaban J connectivity index is 2.33. The molecule has 1 N–H and O–H groups in total. The summed E-state index contributed by atoms with van der Waals surface area (Å²) < 4.78 is 9.95. The van der Waals surface area contributed by atoms with Gasteiger partial charge in [-0.15, -0.1) is 0 Å². The number of hydrogen-bond acceptors (Lipinski definition) is 5. The smallest absolute Gasteiger partial charge is 0.332 e. The summed E-state index contributed by atoms with van der Waals surface area (Å²) in [6.07, 6.45) is 12.4. The molecule has 1 heterocycles. The normalized spacial score (nSPS) is 19.0. The van der Waals surface area contributed by atoms with Crippen LogP contribution >= 0.6 is 0 Å². The lowest BCUT2D eigenvalue weighted by Crippen LogP contribution is -2.32. The second-order valence-corrected chi connectivity index (χ2v) is 6.39. The number of likely N-dealkylation sites (tertiary alicyclic amines) is 1. The van der Waals surface area contributed by atoms with Gasteiger partial charge in [0.15, 0.2) is 0 Å². The molecule has 0 radical (unpaired) electrons. The lowest BCUT2D eigenvalue weighted by Gasteiger charge is -2.21. The van der Waals surface area contributed by atoms with Crippen molar-refractivity contribution in [2.45, 2.75) is 64.5 Å². The molecule has 1 saturated heterocycles. The van der Waals surface area contributed by atoms with Gasteiger partial charge >= 0.3 is 5.97 Å². The Morgan fingerprint density at radius 2 is 2.15 bits per heavy atom. The molecule has 0 aromatic carbocycles. The first kappa shape index (κ1) is 22.4. The van der Waals surface area contributed by atoms with Crippen LogP contribution in [0.4, 0.5) is 0 Å². The molecular formula is C20H33NO5. The molecule has 1 aliphatic rings. The van der Waals surface area contributed by atoms with Crippen molar-refractivity contribution < 1.29 is 24.2 Å². The number of nitrogens with zero attached hydrogens (tertiary/aromatic N) is 1. The lowest BCUT2D eigenvalue weighted by atomic mass is 10.1. The molecule has 0 bridgehead atoms. The molecule has 1 rings (SSSR count). The van der Waals surface area contributed by atoms with E-state index in [4.69, 9.17) is 9.47 Å². The molecule has 1 aliphatic heterocycles. The topological polar surface area (TPSA) is 76.1 Å². The van der Waals surface area contributed by atoms with Gasteiger partial charge in [0.25, 0.3) is 0 Å². The predicted molar refractivity (Wildman–Crippen MR) is 101 cm³/mol. The molecule has 2 unspecified atom stereocenters. The molecule has 1 fully saturated rings. The molecule has 0 spiro atoms. The molecule has 26 heavy (non-hydrogen) atoms. The van der Waals surface area contributed by atoms with Crippen molar-refractivity contribution in [2.75, 3.05) is 26.4 Å². The zero-order valence-electron chi connectivity index (χ0n) is 16.1. The summed E-state index contributed by atoms with van der Waals surface area (Å²) in [6, 6.07) is 0.0356. The van der Waals surface area contributed by atoms with Gasteiger partial charge in [-0.3, -0.25) is 4.79 Å². The largest absolute Gasteiger partial charge is 0.464 e. The molecule has 0 aromatic rings. The van der Waals surface area contributed by atoms with E-state index in [1.807, 2.05) is 18.2 Å². The summed E-state index contributed by atoms with van der Waals surface area (Å²) >= 11 is 0. The first-order chi connectivity index (χ1) is 12.6. The maximum Gasteiger partial charge on any atom is 0.332 e. The second-order valence-electron chi connectivity index (χ2n) is 6.39. The Kier molecular flexibility index (Phi) is 11.6. The summed E-state index contributed by atoms with van der Waals surface area (Å²) in [7, 11) is 0. The molecule has 0 aromatic heterocycles. The van der Waals surface area contributed by atoms with E-state index in [1.54, 1.807) is 17.9 Å². The van der Waals surface area contributed by atoms with Crippen molar-refractivity contribution >= 4 is 11.9 Å². The van der Waals surface area contributed by atoms with Gasteiger partial charge in [-0.05, 0) is 19.8 Å². The number of ether oxygens (including phenoxy) is 2. The first-order valence-electron chi connectivity index (χ1n) is 9.62. The summed E-state index contributed by atoms with van der Waals surface area (Å²) in [5, 5.41) is 9.99. The fraction of sp³-hybridized carbons (Fsp3) is 0.700. The van der Waals surface area contributed by atoms with E-state index < -0.39 is 6.10 Å². The van der Waals surface area contributed by atoms with Crippen LogP contribution in [0, 0.1) is 0 Å². The van der Waals surface area contributed by atoms with E-state index in [-0.39, 0.29) is 24.5 Å². The SMILES string of the molecule is CCCCCC(O)C=CC1CCC(=O)N1CC=CCOCC(=O)OCC. The Morgan fingerprint density at radius 3 is 2.88 bits per heavy atom. The van der Waals surface area contributed by atoms with E-state index in [9.17, 15) is 14.7 Å². The number of carbonyl (C=O) groups excluding carboxylic acids is 2. The molecule has 6 nitrogen and oxygen atoms in total. The van der Waals surface area contributed by atoms with E-state index >= 15 is 0 Å². The standard InChI is InChI=1S/C20H33NO5/c1-3-5-6-9-18(22)12-10-17-11-13-19(23)21(17)14-7-8-15-25-16-20(24)26-4-2/h7-8,10,12,17-18,22H,3-6,9,11,13-16H2,1-2H3. The van der Waals surface area contributed by atoms with Crippen LogP contribution in [-0.4, -0.2) is 60.4 Å². The van der Waals surface area contributed by atoms with Crippen molar-refractivity contribution in [2.24, 2.45) is 0 Å². The minimum Gasteiger partial charge on any atom is -0.464 e. The fourth-order valence-electron chi connectivity index (χ4n) is 2.82. The number of unbranched alkanes of at least 4 members (excludes halogenated alkanes) is 2. The van der Waals surface area contributed by atoms with Crippen LogP contribution in [-0.2, 0) is 19.1 Å². The van der Waals surface area contributed by atoms with Gasteiger partial charge in [0.1, 0.15) is 6.61 Å². The zero-order valence-corrected chi connectivity index (χ0v) is 16.1. The summed E-state index contributed by atoms with van der Waals surface area (Å²) in [5.41, 5.74) is 0. The minimum absolute atomic E-state index is 0.0356. The number of hydrogen-bond donors (Lipinski definition) is 1. The average molecular weight is 367 g/mol. The van der Waals surface area contributed by atoms with E-state index in [0.29, 0.717) is 26.2 Å².